The lowest BCUT2D eigenvalue weighted by atomic mass is 10.6. The predicted molar refractivity (Wildman–Crippen MR) is 66.1 cm³/mol. The van der Waals surface area contributed by atoms with Gasteiger partial charge in [0.25, 0.3) is 0 Å². The molecular weight excluding hydrogens is 232 g/mol. The van der Waals surface area contributed by atoms with E-state index in [9.17, 15) is 0 Å². The van der Waals surface area contributed by atoms with Gasteiger partial charge in [0.1, 0.15) is 21.0 Å². The van der Waals surface area contributed by atoms with E-state index < -0.39 is 18.1 Å². The zero-order chi connectivity index (χ0) is 9.84. The molecule has 3 nitrogen and oxygen atoms in total. The Kier molecular flexibility index (Phi) is 4.35. The summed E-state index contributed by atoms with van der Waals surface area (Å²) >= 11 is 0. The van der Waals surface area contributed by atoms with Crippen LogP contribution >= 0.6 is 0 Å². The molecule has 0 aliphatic carbocycles. The van der Waals surface area contributed by atoms with Gasteiger partial charge in [-0.25, -0.2) is 0 Å². The van der Waals surface area contributed by atoms with Gasteiger partial charge in [0.15, 0.2) is 18.1 Å². The van der Waals surface area contributed by atoms with E-state index in [0.29, 0.717) is 0 Å². The molecule has 1 rings (SSSR count). The maximum absolute atomic E-state index is 5.53. The summed E-state index contributed by atoms with van der Waals surface area (Å²) in [6.45, 7) is 4.38. The van der Waals surface area contributed by atoms with Crippen LogP contribution in [0, 0.1) is 0 Å². The van der Waals surface area contributed by atoms with E-state index >= 15 is 0 Å². The molecule has 0 spiro atoms. The van der Waals surface area contributed by atoms with Gasteiger partial charge in [-0.2, -0.15) is 0 Å². The lowest BCUT2D eigenvalue weighted by Gasteiger charge is -2.11. The quantitative estimate of drug-likeness (QED) is 0.532. The Morgan fingerprint density at radius 3 is 1.77 bits per heavy atom. The largest absolute Gasteiger partial charge is 0.473 e. The molecule has 0 saturated carbocycles. The number of rotatable bonds is 4. The van der Waals surface area contributed by atoms with Crippen LogP contribution < -0.4 is 10.4 Å². The Bertz CT molecular complexity index is 240. The molecule has 0 saturated heterocycles. The second-order valence-electron chi connectivity index (χ2n) is 3.04. The highest BCUT2D eigenvalue weighted by Gasteiger charge is 2.18. The van der Waals surface area contributed by atoms with Crippen LogP contribution in [0.4, 0.5) is 0 Å². The molecule has 0 amide bonds. The first kappa shape index (κ1) is 11.1. The van der Waals surface area contributed by atoms with Crippen molar-refractivity contribution in [2.45, 2.75) is 13.1 Å². The molecule has 2 atom stereocenters. The molecule has 1 aromatic heterocycles. The first-order valence-electron chi connectivity index (χ1n) is 4.32. The highest BCUT2D eigenvalue weighted by molar-refractivity contribution is 6.79. The topological polar surface area (TPSA) is 31.6 Å². The first-order chi connectivity index (χ1) is 6.20. The Balaban J connectivity index is 2.88. The van der Waals surface area contributed by atoms with E-state index in [-0.39, 0.29) is 0 Å². The number of hydrogen-bond donors (Lipinski definition) is 0. The van der Waals surface area contributed by atoms with Crippen LogP contribution in [-0.4, -0.2) is 39.1 Å². The van der Waals surface area contributed by atoms with Gasteiger partial charge in [0, 0.05) is 10.4 Å². The highest BCUT2D eigenvalue weighted by Crippen LogP contribution is 1.91. The van der Waals surface area contributed by atoms with Crippen molar-refractivity contribution in [3.05, 3.63) is 12.5 Å². The van der Waals surface area contributed by atoms with Crippen LogP contribution in [-0.2, 0) is 8.23 Å². The molecule has 0 fully saturated rings. The molecule has 0 radical (unpaired) electrons. The summed E-state index contributed by atoms with van der Waals surface area (Å²) in [5, 5.41) is 2.62. The molecule has 0 aliphatic heterocycles. The first-order valence-corrected chi connectivity index (χ1v) is 10.4. The third-order valence-corrected chi connectivity index (χ3v) is 11.0. The molecular formula is C6H16O3Si4. The third kappa shape index (κ3) is 2.51. The lowest BCUT2D eigenvalue weighted by molar-refractivity contribution is 0.568. The minimum Gasteiger partial charge on any atom is -0.473 e. The summed E-state index contributed by atoms with van der Waals surface area (Å²) in [6, 6.07) is 0. The monoisotopic (exact) mass is 248 g/mol. The molecule has 1 heterocycles. The van der Waals surface area contributed by atoms with Crippen molar-refractivity contribution in [2.24, 2.45) is 0 Å². The van der Waals surface area contributed by atoms with Crippen molar-refractivity contribution >= 4 is 49.4 Å². The Labute approximate surface area is 88.0 Å². The fourth-order valence-corrected chi connectivity index (χ4v) is 6.29. The Morgan fingerprint density at radius 1 is 1.08 bits per heavy atom. The SMILES string of the molecule is C[SiH](O[SiH3])c1cocc1[SiH](C)O[SiH3]. The van der Waals surface area contributed by atoms with Crippen molar-refractivity contribution < 1.29 is 12.6 Å². The second kappa shape index (κ2) is 5.07. The van der Waals surface area contributed by atoms with Gasteiger partial charge < -0.3 is 12.6 Å². The summed E-state index contributed by atoms with van der Waals surface area (Å²) in [7, 11) is -0.689. The number of furan rings is 1. The van der Waals surface area contributed by atoms with E-state index in [0.717, 1.165) is 21.0 Å². The zero-order valence-corrected chi connectivity index (χ0v) is 14.8. The summed E-state index contributed by atoms with van der Waals surface area (Å²) < 4.78 is 16.3. The fourth-order valence-electron chi connectivity index (χ4n) is 1.23. The van der Waals surface area contributed by atoms with E-state index in [2.05, 4.69) is 13.1 Å². The summed E-state index contributed by atoms with van der Waals surface area (Å²) in [4.78, 5) is 0. The van der Waals surface area contributed by atoms with Crippen LogP contribution in [0.5, 0.6) is 0 Å². The van der Waals surface area contributed by atoms with Crippen LogP contribution in [0.25, 0.3) is 0 Å². The van der Waals surface area contributed by atoms with Crippen molar-refractivity contribution in [2.75, 3.05) is 0 Å². The molecule has 0 bridgehead atoms. The molecule has 2 unspecified atom stereocenters. The molecule has 0 aromatic carbocycles. The number of hydrogen-bond acceptors (Lipinski definition) is 3. The molecule has 13 heavy (non-hydrogen) atoms. The molecule has 0 N–H and O–H groups in total. The maximum Gasteiger partial charge on any atom is 0.195 e. The van der Waals surface area contributed by atoms with Crippen molar-refractivity contribution in [1.82, 2.24) is 0 Å². The summed E-state index contributed by atoms with van der Waals surface area (Å²) in [5.41, 5.74) is 0. The predicted octanol–water partition coefficient (Wildman–Crippen LogP) is -3.01. The van der Waals surface area contributed by atoms with Gasteiger partial charge in [-0.15, -0.1) is 0 Å². The van der Waals surface area contributed by atoms with Gasteiger partial charge >= 0.3 is 0 Å². The minimum atomic E-state index is -1.16. The summed E-state index contributed by atoms with van der Waals surface area (Å²) in [6.07, 6.45) is 3.68. The second-order valence-corrected chi connectivity index (χ2v) is 10.6. The van der Waals surface area contributed by atoms with Crippen LogP contribution in [0.15, 0.2) is 16.9 Å². The van der Waals surface area contributed by atoms with Crippen LogP contribution in [0.1, 0.15) is 0 Å². The van der Waals surface area contributed by atoms with Crippen molar-refractivity contribution in [3.63, 3.8) is 0 Å². The average Bonchev–Trinajstić information content (AvgIpc) is 2.63. The smallest absolute Gasteiger partial charge is 0.195 e. The van der Waals surface area contributed by atoms with E-state index in [1.54, 1.807) is 0 Å². The maximum atomic E-state index is 5.53. The summed E-state index contributed by atoms with van der Waals surface area (Å²) in [5.74, 6) is 0. The Morgan fingerprint density at radius 2 is 1.46 bits per heavy atom. The van der Waals surface area contributed by atoms with E-state index in [1.807, 2.05) is 12.5 Å². The highest BCUT2D eigenvalue weighted by atomic mass is 28.3. The molecule has 1 aromatic rings. The van der Waals surface area contributed by atoms with Crippen molar-refractivity contribution in [1.29, 1.82) is 0 Å². The van der Waals surface area contributed by atoms with Gasteiger partial charge in [-0.3, -0.25) is 0 Å². The fraction of sp³-hybridized carbons (Fsp3) is 0.333. The zero-order valence-electron chi connectivity index (χ0n) is 8.53. The standard InChI is InChI=1S/C6H16O3Si4/c1-12(8-10)5-3-7-4-6(5)13(2)9-11/h3-4,12-13H,1-2,10-11H3. The third-order valence-electron chi connectivity index (χ3n) is 2.31. The van der Waals surface area contributed by atoms with Gasteiger partial charge in [0.05, 0.1) is 12.5 Å². The molecule has 0 aliphatic rings. The van der Waals surface area contributed by atoms with Crippen LogP contribution in [0.3, 0.4) is 0 Å². The molecule has 74 valence electrons. The van der Waals surface area contributed by atoms with Crippen LogP contribution in [0.2, 0.25) is 13.1 Å². The minimum absolute atomic E-state index is 0.818. The Hall–Kier alpha value is 0.0675. The molecule has 7 heteroatoms. The van der Waals surface area contributed by atoms with Gasteiger partial charge in [0.2, 0.25) is 0 Å². The lowest BCUT2D eigenvalue weighted by Crippen LogP contribution is -2.46. The van der Waals surface area contributed by atoms with E-state index in [1.165, 1.54) is 10.4 Å². The van der Waals surface area contributed by atoms with Gasteiger partial charge in [-0.05, 0) is 13.1 Å². The average molecular weight is 249 g/mol. The van der Waals surface area contributed by atoms with Crippen molar-refractivity contribution in [3.8, 4) is 0 Å². The van der Waals surface area contributed by atoms with Gasteiger partial charge in [-0.1, -0.05) is 0 Å². The normalized spacial score (nSPS) is 16.2. The van der Waals surface area contributed by atoms with E-state index in [4.69, 9.17) is 12.6 Å².